The minimum atomic E-state index is -0.165. The standard InChI is InChI=1S/C17H22N4O3/c1-3-23-17-13(5-4-7-19-17)16(22)20-12-6-8-24-15(9-12)14-10-18-11-21(14)2/h4-5,7,10-12,15H,3,6,8-9H2,1-2H3,(H,20,22)/t12-,15+/m1/s1. The molecule has 7 nitrogen and oxygen atoms in total. The molecule has 2 aromatic heterocycles. The Morgan fingerprint density at radius 2 is 2.42 bits per heavy atom. The molecule has 0 aliphatic carbocycles. The number of nitrogens with one attached hydrogen (secondary N) is 1. The number of amides is 1. The Hall–Kier alpha value is -2.41. The smallest absolute Gasteiger partial charge is 0.256 e. The first-order valence-corrected chi connectivity index (χ1v) is 8.15. The van der Waals surface area contributed by atoms with Crippen LogP contribution in [0.1, 0.15) is 41.9 Å². The van der Waals surface area contributed by atoms with Crippen LogP contribution in [0.15, 0.2) is 30.9 Å². The van der Waals surface area contributed by atoms with Crippen molar-refractivity contribution < 1.29 is 14.3 Å². The number of rotatable bonds is 5. The van der Waals surface area contributed by atoms with Gasteiger partial charge in [-0.2, -0.15) is 0 Å². The third-order valence-corrected chi connectivity index (χ3v) is 4.10. The van der Waals surface area contributed by atoms with Crippen molar-refractivity contribution in [2.75, 3.05) is 13.2 Å². The minimum Gasteiger partial charge on any atom is -0.477 e. The van der Waals surface area contributed by atoms with Gasteiger partial charge in [0.15, 0.2) is 0 Å². The number of pyridine rings is 1. The molecule has 7 heteroatoms. The molecule has 1 aliphatic heterocycles. The van der Waals surface area contributed by atoms with Crippen LogP contribution in [-0.4, -0.2) is 39.7 Å². The Bertz CT molecular complexity index is 701. The molecule has 0 saturated carbocycles. The van der Waals surface area contributed by atoms with Crippen LogP contribution in [-0.2, 0) is 11.8 Å². The Balaban J connectivity index is 1.67. The Morgan fingerprint density at radius 3 is 3.17 bits per heavy atom. The quantitative estimate of drug-likeness (QED) is 0.905. The Kier molecular flexibility index (Phi) is 5.10. The number of carbonyl (C=O) groups excluding carboxylic acids is 1. The highest BCUT2D eigenvalue weighted by molar-refractivity contribution is 5.96. The lowest BCUT2D eigenvalue weighted by molar-refractivity contribution is -0.00303. The predicted molar refractivity (Wildman–Crippen MR) is 87.8 cm³/mol. The zero-order chi connectivity index (χ0) is 16.9. The van der Waals surface area contributed by atoms with Crippen molar-refractivity contribution in [2.24, 2.45) is 7.05 Å². The maximum absolute atomic E-state index is 12.6. The normalized spacial score (nSPS) is 20.6. The molecule has 3 rings (SSSR count). The van der Waals surface area contributed by atoms with Gasteiger partial charge in [-0.3, -0.25) is 4.79 Å². The van der Waals surface area contributed by atoms with E-state index < -0.39 is 0 Å². The highest BCUT2D eigenvalue weighted by Crippen LogP contribution is 2.28. The van der Waals surface area contributed by atoms with Crippen LogP contribution >= 0.6 is 0 Å². The molecule has 0 spiro atoms. The van der Waals surface area contributed by atoms with Crippen LogP contribution in [0.2, 0.25) is 0 Å². The van der Waals surface area contributed by atoms with Gasteiger partial charge in [0, 0.05) is 25.9 Å². The van der Waals surface area contributed by atoms with Crippen molar-refractivity contribution in [3.05, 3.63) is 42.1 Å². The van der Waals surface area contributed by atoms with Crippen LogP contribution in [0.5, 0.6) is 5.88 Å². The molecule has 1 fully saturated rings. The Morgan fingerprint density at radius 1 is 1.54 bits per heavy atom. The molecule has 2 atom stereocenters. The highest BCUT2D eigenvalue weighted by Gasteiger charge is 2.27. The molecule has 128 valence electrons. The van der Waals surface area contributed by atoms with Gasteiger partial charge in [0.05, 0.1) is 24.8 Å². The molecule has 1 N–H and O–H groups in total. The summed E-state index contributed by atoms with van der Waals surface area (Å²) in [7, 11) is 1.94. The van der Waals surface area contributed by atoms with Crippen molar-refractivity contribution in [1.82, 2.24) is 19.9 Å². The fourth-order valence-electron chi connectivity index (χ4n) is 2.89. The van der Waals surface area contributed by atoms with Gasteiger partial charge in [0.25, 0.3) is 5.91 Å². The summed E-state index contributed by atoms with van der Waals surface area (Å²) < 4.78 is 13.2. The number of nitrogens with zero attached hydrogens (tertiary/aromatic N) is 3. The monoisotopic (exact) mass is 330 g/mol. The zero-order valence-electron chi connectivity index (χ0n) is 13.9. The molecule has 0 radical (unpaired) electrons. The van der Waals surface area contributed by atoms with Gasteiger partial charge < -0.3 is 19.4 Å². The van der Waals surface area contributed by atoms with Crippen LogP contribution in [0.25, 0.3) is 0 Å². The second kappa shape index (κ2) is 7.44. The molecule has 1 amide bonds. The van der Waals surface area contributed by atoms with E-state index in [9.17, 15) is 4.79 Å². The average Bonchev–Trinajstić information content (AvgIpc) is 3.02. The fourth-order valence-corrected chi connectivity index (χ4v) is 2.89. The third-order valence-electron chi connectivity index (χ3n) is 4.10. The number of aromatic nitrogens is 3. The van der Waals surface area contributed by atoms with Crippen LogP contribution < -0.4 is 10.1 Å². The lowest BCUT2D eigenvalue weighted by atomic mass is 10.0. The summed E-state index contributed by atoms with van der Waals surface area (Å²) in [6.45, 7) is 2.94. The van der Waals surface area contributed by atoms with E-state index in [0.717, 1.165) is 18.5 Å². The number of imidazole rings is 1. The highest BCUT2D eigenvalue weighted by atomic mass is 16.5. The van der Waals surface area contributed by atoms with Crippen LogP contribution in [0, 0.1) is 0 Å². The summed E-state index contributed by atoms with van der Waals surface area (Å²) in [5, 5.41) is 3.08. The Labute approximate surface area is 141 Å². The molecule has 2 aromatic rings. The maximum atomic E-state index is 12.6. The molecule has 0 aromatic carbocycles. The number of carbonyl (C=O) groups is 1. The van der Waals surface area contributed by atoms with E-state index >= 15 is 0 Å². The van der Waals surface area contributed by atoms with Crippen molar-refractivity contribution in [1.29, 1.82) is 0 Å². The summed E-state index contributed by atoms with van der Waals surface area (Å²) in [4.78, 5) is 20.8. The van der Waals surface area contributed by atoms with E-state index in [2.05, 4.69) is 15.3 Å². The molecule has 0 unspecified atom stereocenters. The van der Waals surface area contributed by atoms with E-state index in [1.807, 2.05) is 24.7 Å². The lowest BCUT2D eigenvalue weighted by Gasteiger charge is -2.30. The summed E-state index contributed by atoms with van der Waals surface area (Å²) in [5.74, 6) is 0.204. The van der Waals surface area contributed by atoms with Gasteiger partial charge in [0.1, 0.15) is 11.7 Å². The minimum absolute atomic E-state index is 0.0424. The number of aryl methyl sites for hydroxylation is 1. The van der Waals surface area contributed by atoms with E-state index in [1.54, 1.807) is 24.7 Å². The zero-order valence-corrected chi connectivity index (χ0v) is 13.9. The number of ether oxygens (including phenoxy) is 2. The molecule has 1 saturated heterocycles. The molecular formula is C17H22N4O3. The van der Waals surface area contributed by atoms with Crippen molar-refractivity contribution in [2.45, 2.75) is 31.9 Å². The van der Waals surface area contributed by atoms with E-state index in [1.165, 1.54) is 0 Å². The topological polar surface area (TPSA) is 78.3 Å². The fraction of sp³-hybridized carbons (Fsp3) is 0.471. The van der Waals surface area contributed by atoms with Gasteiger partial charge >= 0.3 is 0 Å². The summed E-state index contributed by atoms with van der Waals surface area (Å²) >= 11 is 0. The second-order valence-corrected chi connectivity index (χ2v) is 5.77. The van der Waals surface area contributed by atoms with E-state index in [-0.39, 0.29) is 18.1 Å². The SMILES string of the molecule is CCOc1ncccc1C(=O)N[C@@H]1CCO[C@H](c2cncn2C)C1. The van der Waals surface area contributed by atoms with Crippen molar-refractivity contribution in [3.8, 4) is 5.88 Å². The first-order chi connectivity index (χ1) is 11.7. The van der Waals surface area contributed by atoms with Gasteiger partial charge in [0.2, 0.25) is 5.88 Å². The maximum Gasteiger partial charge on any atom is 0.256 e. The molecule has 0 bridgehead atoms. The third kappa shape index (κ3) is 3.56. The van der Waals surface area contributed by atoms with E-state index in [0.29, 0.717) is 24.7 Å². The van der Waals surface area contributed by atoms with Crippen molar-refractivity contribution >= 4 is 5.91 Å². The molecule has 3 heterocycles. The first-order valence-electron chi connectivity index (χ1n) is 8.15. The number of hydrogen-bond acceptors (Lipinski definition) is 5. The molecular weight excluding hydrogens is 308 g/mol. The van der Waals surface area contributed by atoms with Crippen LogP contribution in [0.4, 0.5) is 0 Å². The van der Waals surface area contributed by atoms with Gasteiger partial charge in [-0.25, -0.2) is 9.97 Å². The van der Waals surface area contributed by atoms with Gasteiger partial charge in [-0.15, -0.1) is 0 Å². The lowest BCUT2D eigenvalue weighted by Crippen LogP contribution is -2.40. The molecule has 1 aliphatic rings. The molecule has 24 heavy (non-hydrogen) atoms. The van der Waals surface area contributed by atoms with Crippen LogP contribution in [0.3, 0.4) is 0 Å². The number of hydrogen-bond donors (Lipinski definition) is 1. The second-order valence-electron chi connectivity index (χ2n) is 5.77. The summed E-state index contributed by atoms with van der Waals surface area (Å²) in [6, 6.07) is 3.51. The first kappa shape index (κ1) is 16.4. The summed E-state index contributed by atoms with van der Waals surface area (Å²) in [6.07, 6.45) is 6.62. The predicted octanol–water partition coefficient (Wildman–Crippen LogP) is 1.86. The van der Waals surface area contributed by atoms with Crippen molar-refractivity contribution in [3.63, 3.8) is 0 Å². The average molecular weight is 330 g/mol. The van der Waals surface area contributed by atoms with Gasteiger partial charge in [-0.05, 0) is 31.9 Å². The van der Waals surface area contributed by atoms with Gasteiger partial charge in [-0.1, -0.05) is 0 Å². The summed E-state index contributed by atoms with van der Waals surface area (Å²) in [5.41, 5.74) is 1.48. The van der Waals surface area contributed by atoms with E-state index in [4.69, 9.17) is 9.47 Å². The largest absolute Gasteiger partial charge is 0.477 e.